The smallest absolute Gasteiger partial charge is 0.257 e. The number of carbonyl (C=O) groups is 1. The maximum Gasteiger partial charge on any atom is 0.257 e. The first kappa shape index (κ1) is 22.4. The molecule has 1 amide bonds. The van der Waals surface area contributed by atoms with E-state index in [2.05, 4.69) is 20.3 Å². The van der Waals surface area contributed by atoms with E-state index in [1.807, 2.05) is 6.26 Å². The number of anilines is 2. The van der Waals surface area contributed by atoms with Gasteiger partial charge in [-0.05, 0) is 37.2 Å². The number of carbonyl (C=O) groups excluding carboxylic acids is 1. The first-order chi connectivity index (χ1) is 15.4. The molecule has 1 fully saturated rings. The molecule has 3 heterocycles. The maximum absolute atomic E-state index is 14.8. The van der Waals surface area contributed by atoms with Crippen LogP contribution in [0.15, 0.2) is 42.7 Å². The van der Waals surface area contributed by atoms with Crippen LogP contribution < -0.4 is 20.1 Å². The van der Waals surface area contributed by atoms with E-state index in [0.717, 1.165) is 25.2 Å². The third-order valence-electron chi connectivity index (χ3n) is 5.02. The Morgan fingerprint density at radius 2 is 2.12 bits per heavy atom. The Morgan fingerprint density at radius 3 is 2.84 bits per heavy atom. The Hall–Kier alpha value is -2.75. The fourth-order valence-electron chi connectivity index (χ4n) is 3.56. The van der Waals surface area contributed by atoms with Gasteiger partial charge in [-0.3, -0.25) is 4.79 Å². The molecule has 1 aliphatic heterocycles. The first-order valence-corrected chi connectivity index (χ1v) is 11.6. The van der Waals surface area contributed by atoms with Gasteiger partial charge in [-0.25, -0.2) is 9.37 Å². The van der Waals surface area contributed by atoms with E-state index in [9.17, 15) is 9.18 Å². The van der Waals surface area contributed by atoms with Gasteiger partial charge in [-0.2, -0.15) is 0 Å². The number of halogens is 2. The van der Waals surface area contributed by atoms with Crippen molar-refractivity contribution in [2.75, 3.05) is 29.4 Å². The lowest BCUT2D eigenvalue weighted by Gasteiger charge is -2.13. The van der Waals surface area contributed by atoms with Gasteiger partial charge in [0.15, 0.2) is 5.82 Å². The van der Waals surface area contributed by atoms with Gasteiger partial charge in [-0.1, -0.05) is 23.5 Å². The third kappa shape index (κ3) is 5.17. The zero-order chi connectivity index (χ0) is 22.7. The molecule has 3 N–H and O–H groups in total. The zero-order valence-electron chi connectivity index (χ0n) is 17.6. The monoisotopic (exact) mass is 475 g/mol. The average Bonchev–Trinajstić information content (AvgIpc) is 3.38. The maximum atomic E-state index is 14.8. The summed E-state index contributed by atoms with van der Waals surface area (Å²) in [7, 11) is 1.74. The van der Waals surface area contributed by atoms with Crippen LogP contribution in [0.25, 0.3) is 11.4 Å². The van der Waals surface area contributed by atoms with Crippen molar-refractivity contribution in [3.05, 3.63) is 59.1 Å². The second-order valence-electron chi connectivity index (χ2n) is 7.45. The molecule has 2 aromatic heterocycles. The molecule has 1 atom stereocenters. The largest absolute Gasteiger partial charge is 0.487 e. The van der Waals surface area contributed by atoms with E-state index in [1.54, 1.807) is 42.1 Å². The second-order valence-corrected chi connectivity index (χ2v) is 8.50. The lowest BCUT2D eigenvalue weighted by molar-refractivity contribution is 0.102. The molecular formula is C22H23ClFN5O2S. The number of benzene rings is 1. The number of pyridine rings is 1. The number of rotatable bonds is 7. The van der Waals surface area contributed by atoms with E-state index >= 15 is 0 Å². The van der Waals surface area contributed by atoms with Crippen molar-refractivity contribution in [3.8, 4) is 17.1 Å². The van der Waals surface area contributed by atoms with Gasteiger partial charge in [0.25, 0.3) is 5.91 Å². The molecule has 0 bridgehead atoms. The molecule has 7 nitrogen and oxygen atoms in total. The van der Waals surface area contributed by atoms with Gasteiger partial charge >= 0.3 is 0 Å². The second kappa shape index (κ2) is 9.81. The summed E-state index contributed by atoms with van der Waals surface area (Å²) < 4.78 is 25.3. The van der Waals surface area contributed by atoms with E-state index in [-0.39, 0.29) is 17.7 Å². The Bertz CT molecular complexity index is 1130. The standard InChI is InChI=1S/C22H23ClFN5O2S/c1-29-12-13(22(30)27-15-6-14(23)7-16(8-15)28-32-2)5-20(29)21-19(24)9-18(11-26-21)31-17-3-4-25-10-17/h5-9,11-12,17,25,28H,3-4,10H2,1-2H3,(H,27,30). The van der Waals surface area contributed by atoms with E-state index < -0.39 is 5.82 Å². The first-order valence-electron chi connectivity index (χ1n) is 10.0. The van der Waals surface area contributed by atoms with Crippen LogP contribution >= 0.6 is 23.5 Å². The fraction of sp³-hybridized carbons (Fsp3) is 0.273. The highest BCUT2D eigenvalue weighted by Gasteiger charge is 2.19. The van der Waals surface area contributed by atoms with Crippen molar-refractivity contribution in [1.29, 1.82) is 0 Å². The number of aromatic nitrogens is 2. The molecule has 0 saturated carbocycles. The van der Waals surface area contributed by atoms with Crippen LogP contribution in [0.2, 0.25) is 5.02 Å². The minimum atomic E-state index is -0.510. The normalized spacial score (nSPS) is 15.6. The van der Waals surface area contributed by atoms with E-state index in [0.29, 0.717) is 27.7 Å². The average molecular weight is 476 g/mol. The number of nitrogens with zero attached hydrogens (tertiary/aromatic N) is 2. The van der Waals surface area contributed by atoms with Crippen LogP contribution in [0.1, 0.15) is 16.8 Å². The van der Waals surface area contributed by atoms with E-state index in [1.165, 1.54) is 24.2 Å². The molecule has 1 aromatic carbocycles. The zero-order valence-corrected chi connectivity index (χ0v) is 19.2. The lowest BCUT2D eigenvalue weighted by Crippen LogP contribution is -2.19. The summed E-state index contributed by atoms with van der Waals surface area (Å²) in [5, 5.41) is 6.53. The molecule has 32 heavy (non-hydrogen) atoms. The molecule has 0 radical (unpaired) electrons. The van der Waals surface area contributed by atoms with Crippen molar-refractivity contribution < 1.29 is 13.9 Å². The highest BCUT2D eigenvalue weighted by molar-refractivity contribution is 7.99. The van der Waals surface area contributed by atoms with Gasteiger partial charge in [0, 0.05) is 48.5 Å². The van der Waals surface area contributed by atoms with Crippen LogP contribution in [0.4, 0.5) is 15.8 Å². The quantitative estimate of drug-likeness (QED) is 0.435. The lowest BCUT2D eigenvalue weighted by atomic mass is 10.2. The summed E-state index contributed by atoms with van der Waals surface area (Å²) in [5.74, 6) is -0.453. The summed E-state index contributed by atoms with van der Waals surface area (Å²) in [6.45, 7) is 1.62. The highest BCUT2D eigenvalue weighted by atomic mass is 35.5. The predicted octanol–water partition coefficient (Wildman–Crippen LogP) is 4.56. The summed E-state index contributed by atoms with van der Waals surface area (Å²) in [5.41, 5.74) is 2.34. The van der Waals surface area contributed by atoms with Crippen LogP contribution in [-0.4, -0.2) is 40.9 Å². The van der Waals surface area contributed by atoms with Gasteiger partial charge in [0.1, 0.15) is 17.5 Å². The van der Waals surface area contributed by atoms with Crippen molar-refractivity contribution in [3.63, 3.8) is 0 Å². The summed E-state index contributed by atoms with van der Waals surface area (Å²) in [4.78, 5) is 17.0. The molecule has 0 aliphatic carbocycles. The summed E-state index contributed by atoms with van der Waals surface area (Å²) >= 11 is 7.56. The van der Waals surface area contributed by atoms with E-state index in [4.69, 9.17) is 16.3 Å². The Balaban J connectivity index is 1.52. The molecule has 168 valence electrons. The molecule has 10 heteroatoms. The van der Waals surface area contributed by atoms with Gasteiger partial charge < -0.3 is 24.7 Å². The minimum Gasteiger partial charge on any atom is -0.487 e. The molecular weight excluding hydrogens is 453 g/mol. The van der Waals surface area contributed by atoms with Crippen molar-refractivity contribution >= 4 is 40.8 Å². The Labute approximate surface area is 194 Å². The van der Waals surface area contributed by atoms with Crippen molar-refractivity contribution in [1.82, 2.24) is 14.9 Å². The van der Waals surface area contributed by atoms with Crippen molar-refractivity contribution in [2.45, 2.75) is 12.5 Å². The van der Waals surface area contributed by atoms with Crippen molar-refractivity contribution in [2.24, 2.45) is 7.05 Å². The van der Waals surface area contributed by atoms with Gasteiger partial charge in [0.05, 0.1) is 17.5 Å². The van der Waals surface area contributed by atoms with Gasteiger partial charge in [-0.15, -0.1) is 0 Å². The Kier molecular flexibility index (Phi) is 6.88. The number of amides is 1. The van der Waals surface area contributed by atoms with Gasteiger partial charge in [0.2, 0.25) is 0 Å². The number of ether oxygens (including phenoxy) is 1. The molecule has 3 aromatic rings. The molecule has 1 saturated heterocycles. The number of nitrogens with one attached hydrogen (secondary N) is 3. The summed E-state index contributed by atoms with van der Waals surface area (Å²) in [6.07, 6.45) is 5.93. The molecule has 0 spiro atoms. The highest BCUT2D eigenvalue weighted by Crippen LogP contribution is 2.28. The molecule has 1 unspecified atom stereocenters. The van der Waals surface area contributed by atoms with Crippen LogP contribution in [0, 0.1) is 5.82 Å². The number of hydrogen-bond acceptors (Lipinski definition) is 6. The minimum absolute atomic E-state index is 0.0190. The summed E-state index contributed by atoms with van der Waals surface area (Å²) in [6, 6.07) is 8.14. The topological polar surface area (TPSA) is 80.2 Å². The fourth-order valence-corrected chi connectivity index (χ4v) is 4.15. The molecule has 4 rings (SSSR count). The SMILES string of the molecule is CSNc1cc(Cl)cc(NC(=O)c2cc(-c3ncc(OC4CCNC4)cc3F)n(C)c2)c1. The third-order valence-corrected chi connectivity index (χ3v) is 5.68. The number of aryl methyl sites for hydroxylation is 1. The predicted molar refractivity (Wildman–Crippen MR) is 127 cm³/mol. The molecule has 1 aliphatic rings. The Morgan fingerprint density at radius 1 is 1.31 bits per heavy atom. The van der Waals surface area contributed by atoms with Crippen LogP contribution in [0.3, 0.4) is 0 Å². The van der Waals surface area contributed by atoms with Crippen LogP contribution in [0.5, 0.6) is 5.75 Å². The van der Waals surface area contributed by atoms with Crippen LogP contribution in [-0.2, 0) is 7.05 Å². The number of hydrogen-bond donors (Lipinski definition) is 3.